The second kappa shape index (κ2) is 7.54. The lowest BCUT2D eigenvalue weighted by Crippen LogP contribution is -2.30. The molecule has 1 fully saturated rings. The molecule has 0 aliphatic carbocycles. The molecule has 0 spiro atoms. The van der Waals surface area contributed by atoms with Crippen LogP contribution in [0.3, 0.4) is 0 Å². The molecule has 0 N–H and O–H groups in total. The molecule has 1 aromatic carbocycles. The molecule has 22 heavy (non-hydrogen) atoms. The molecule has 1 aliphatic rings. The molecular formula is C18H25N3O. The summed E-state index contributed by atoms with van der Waals surface area (Å²) in [6, 6.07) is 8.46. The van der Waals surface area contributed by atoms with Crippen molar-refractivity contribution < 1.29 is 4.52 Å². The molecule has 0 atom stereocenters. The van der Waals surface area contributed by atoms with E-state index in [2.05, 4.69) is 46.2 Å². The molecule has 0 radical (unpaired) electrons. The highest BCUT2D eigenvalue weighted by atomic mass is 16.5. The number of likely N-dealkylation sites (tertiary alicyclic amines) is 1. The first-order chi connectivity index (χ1) is 10.8. The van der Waals surface area contributed by atoms with Gasteiger partial charge in [0.1, 0.15) is 0 Å². The summed E-state index contributed by atoms with van der Waals surface area (Å²) in [6.07, 6.45) is 6.82. The molecule has 1 aliphatic heterocycles. The average Bonchev–Trinajstić information content (AvgIpc) is 2.96. The Morgan fingerprint density at radius 3 is 2.86 bits per heavy atom. The minimum Gasteiger partial charge on any atom is -0.339 e. The van der Waals surface area contributed by atoms with Gasteiger partial charge in [-0.15, -0.1) is 0 Å². The number of aryl methyl sites for hydroxylation is 2. The Hall–Kier alpha value is -1.68. The number of aromatic nitrogens is 2. The van der Waals surface area contributed by atoms with Gasteiger partial charge < -0.3 is 9.42 Å². The molecular weight excluding hydrogens is 274 g/mol. The minimum atomic E-state index is 0.747. The number of rotatable bonds is 6. The van der Waals surface area contributed by atoms with Crippen molar-refractivity contribution in [3.8, 4) is 0 Å². The monoisotopic (exact) mass is 299 g/mol. The summed E-state index contributed by atoms with van der Waals surface area (Å²) in [4.78, 5) is 7.07. The lowest BCUT2D eigenvalue weighted by Gasteiger charge is -2.25. The average molecular weight is 299 g/mol. The molecule has 4 nitrogen and oxygen atoms in total. The normalized spacial score (nSPS) is 16.0. The molecule has 1 aromatic heterocycles. The van der Waals surface area contributed by atoms with E-state index < -0.39 is 0 Å². The van der Waals surface area contributed by atoms with E-state index in [0.717, 1.165) is 37.5 Å². The first kappa shape index (κ1) is 15.2. The Kier molecular flexibility index (Phi) is 5.22. The van der Waals surface area contributed by atoms with Crippen molar-refractivity contribution in [2.45, 2.75) is 45.4 Å². The van der Waals surface area contributed by atoms with Crippen LogP contribution < -0.4 is 0 Å². The van der Waals surface area contributed by atoms with Crippen LogP contribution in [-0.2, 0) is 12.8 Å². The summed E-state index contributed by atoms with van der Waals surface area (Å²) in [5, 5.41) is 4.11. The van der Waals surface area contributed by atoms with Crippen molar-refractivity contribution in [2.75, 3.05) is 19.6 Å². The first-order valence-corrected chi connectivity index (χ1v) is 8.39. The third-order valence-corrected chi connectivity index (χ3v) is 4.27. The molecule has 0 bridgehead atoms. The predicted octanol–water partition coefficient (Wildman–Crippen LogP) is 3.39. The molecule has 2 heterocycles. The molecule has 0 amide bonds. The van der Waals surface area contributed by atoms with E-state index in [9.17, 15) is 0 Å². The second-order valence-corrected chi connectivity index (χ2v) is 6.28. The number of nitrogens with zero attached hydrogens (tertiary/aromatic N) is 3. The lowest BCUT2D eigenvalue weighted by atomic mass is 10.1. The number of hydrogen-bond donors (Lipinski definition) is 0. The van der Waals surface area contributed by atoms with E-state index in [-0.39, 0.29) is 0 Å². The van der Waals surface area contributed by atoms with Crippen LogP contribution in [0, 0.1) is 6.92 Å². The van der Waals surface area contributed by atoms with Crippen LogP contribution in [-0.4, -0.2) is 34.7 Å². The maximum absolute atomic E-state index is 5.38. The Balaban J connectivity index is 1.46. The third kappa shape index (κ3) is 4.41. The van der Waals surface area contributed by atoms with Crippen molar-refractivity contribution in [3.63, 3.8) is 0 Å². The van der Waals surface area contributed by atoms with Gasteiger partial charge in [0.25, 0.3) is 0 Å². The summed E-state index contributed by atoms with van der Waals surface area (Å²) < 4.78 is 5.38. The maximum atomic E-state index is 5.38. The SMILES string of the molecule is Cc1cccc(Cc2noc(CCCN3CCCCC3)n2)c1. The van der Waals surface area contributed by atoms with Gasteiger partial charge in [0.15, 0.2) is 5.82 Å². The summed E-state index contributed by atoms with van der Waals surface area (Å²) >= 11 is 0. The lowest BCUT2D eigenvalue weighted by molar-refractivity contribution is 0.223. The van der Waals surface area contributed by atoms with Crippen LogP contribution in [0.1, 0.15) is 48.5 Å². The third-order valence-electron chi connectivity index (χ3n) is 4.27. The van der Waals surface area contributed by atoms with Crippen molar-refractivity contribution in [1.29, 1.82) is 0 Å². The molecule has 0 saturated carbocycles. The molecule has 3 rings (SSSR count). The molecule has 1 saturated heterocycles. The van der Waals surface area contributed by atoms with Crippen LogP contribution in [0.4, 0.5) is 0 Å². The fourth-order valence-corrected chi connectivity index (χ4v) is 3.11. The van der Waals surface area contributed by atoms with Gasteiger partial charge >= 0.3 is 0 Å². The summed E-state index contributed by atoms with van der Waals surface area (Å²) in [7, 11) is 0. The number of piperidine rings is 1. The van der Waals surface area contributed by atoms with Crippen LogP contribution in [0.15, 0.2) is 28.8 Å². The Bertz CT molecular complexity index is 588. The largest absolute Gasteiger partial charge is 0.339 e. The van der Waals surface area contributed by atoms with Gasteiger partial charge in [-0.1, -0.05) is 41.4 Å². The highest BCUT2D eigenvalue weighted by Crippen LogP contribution is 2.12. The zero-order valence-electron chi connectivity index (χ0n) is 13.4. The van der Waals surface area contributed by atoms with E-state index in [1.165, 1.54) is 43.5 Å². The smallest absolute Gasteiger partial charge is 0.226 e. The number of hydrogen-bond acceptors (Lipinski definition) is 4. The van der Waals surface area contributed by atoms with E-state index >= 15 is 0 Å². The van der Waals surface area contributed by atoms with Crippen molar-refractivity contribution in [2.24, 2.45) is 0 Å². The van der Waals surface area contributed by atoms with Crippen molar-refractivity contribution >= 4 is 0 Å². The maximum Gasteiger partial charge on any atom is 0.226 e. The standard InChI is InChI=1S/C18H25N3O/c1-15-7-5-8-16(13-15)14-17-19-18(22-20-17)9-6-12-21-10-3-2-4-11-21/h5,7-8,13H,2-4,6,9-12,14H2,1H3. The predicted molar refractivity (Wildman–Crippen MR) is 86.9 cm³/mol. The van der Waals surface area contributed by atoms with Crippen LogP contribution in [0.25, 0.3) is 0 Å². The zero-order chi connectivity index (χ0) is 15.2. The summed E-state index contributed by atoms with van der Waals surface area (Å²) in [5.74, 6) is 1.57. The first-order valence-electron chi connectivity index (χ1n) is 8.39. The fourth-order valence-electron chi connectivity index (χ4n) is 3.11. The van der Waals surface area contributed by atoms with E-state index in [0.29, 0.717) is 0 Å². The Morgan fingerprint density at radius 2 is 2.05 bits per heavy atom. The highest BCUT2D eigenvalue weighted by molar-refractivity contribution is 5.24. The zero-order valence-corrected chi connectivity index (χ0v) is 13.4. The van der Waals surface area contributed by atoms with Crippen LogP contribution >= 0.6 is 0 Å². The van der Waals surface area contributed by atoms with Crippen molar-refractivity contribution in [1.82, 2.24) is 15.0 Å². The summed E-state index contributed by atoms with van der Waals surface area (Å²) in [5.41, 5.74) is 2.50. The molecule has 2 aromatic rings. The van der Waals surface area contributed by atoms with Crippen LogP contribution in [0.2, 0.25) is 0 Å². The molecule has 4 heteroatoms. The number of benzene rings is 1. The quantitative estimate of drug-likeness (QED) is 0.820. The van der Waals surface area contributed by atoms with Gasteiger partial charge in [0.05, 0.1) is 0 Å². The fraction of sp³-hybridized carbons (Fsp3) is 0.556. The van der Waals surface area contributed by atoms with Gasteiger partial charge in [-0.3, -0.25) is 0 Å². The second-order valence-electron chi connectivity index (χ2n) is 6.28. The topological polar surface area (TPSA) is 42.2 Å². The van der Waals surface area contributed by atoms with Gasteiger partial charge in [-0.05, 0) is 51.4 Å². The molecule has 0 unspecified atom stereocenters. The van der Waals surface area contributed by atoms with Gasteiger partial charge in [-0.2, -0.15) is 4.98 Å². The Morgan fingerprint density at radius 1 is 1.18 bits per heavy atom. The van der Waals surface area contributed by atoms with Gasteiger partial charge in [-0.25, -0.2) is 0 Å². The van der Waals surface area contributed by atoms with Gasteiger partial charge in [0.2, 0.25) is 5.89 Å². The summed E-state index contributed by atoms with van der Waals surface area (Å²) in [6.45, 7) is 5.76. The molecule has 118 valence electrons. The van der Waals surface area contributed by atoms with E-state index in [1.807, 2.05) is 0 Å². The van der Waals surface area contributed by atoms with E-state index in [4.69, 9.17) is 4.52 Å². The van der Waals surface area contributed by atoms with Gasteiger partial charge in [0, 0.05) is 12.8 Å². The van der Waals surface area contributed by atoms with Crippen molar-refractivity contribution in [3.05, 3.63) is 47.1 Å². The minimum absolute atomic E-state index is 0.747. The Labute approximate surface area is 132 Å². The van der Waals surface area contributed by atoms with E-state index in [1.54, 1.807) is 0 Å². The highest BCUT2D eigenvalue weighted by Gasteiger charge is 2.11. The van der Waals surface area contributed by atoms with Crippen LogP contribution in [0.5, 0.6) is 0 Å².